The number of carboxylic acid groups (broad SMARTS) is 1. The minimum atomic E-state index is -0.944. The lowest BCUT2D eigenvalue weighted by Crippen LogP contribution is -2.27. The quantitative estimate of drug-likeness (QED) is 0.861. The number of hydrogen-bond acceptors (Lipinski definition) is 4. The highest BCUT2D eigenvalue weighted by atomic mass is 16.5. The highest BCUT2D eigenvalue weighted by Gasteiger charge is 2.19. The molecule has 5 heteroatoms. The first kappa shape index (κ1) is 17.3. The van der Waals surface area contributed by atoms with Crippen LogP contribution in [0.25, 0.3) is 5.57 Å². The van der Waals surface area contributed by atoms with Crippen LogP contribution in [0.5, 0.6) is 5.75 Å². The number of rotatable bonds is 6. The Labute approximate surface area is 147 Å². The summed E-state index contributed by atoms with van der Waals surface area (Å²) >= 11 is 0. The van der Waals surface area contributed by atoms with Gasteiger partial charge in [0.2, 0.25) is 0 Å². The molecule has 25 heavy (non-hydrogen) atoms. The van der Waals surface area contributed by atoms with Gasteiger partial charge in [0, 0.05) is 18.7 Å². The molecule has 2 aromatic rings. The van der Waals surface area contributed by atoms with E-state index in [1.54, 1.807) is 13.0 Å². The standard InChI is InChI=1S/C20H23NO4/c1-3-24-19-7-5-4-6-17(19)15-8-10-21(11-9-15)13-16-12-18(20(22)23)14(2)25-16/h4-8,12H,3,9-11,13H2,1-2H3,(H,22,23). The molecule has 3 rings (SSSR count). The lowest BCUT2D eigenvalue weighted by molar-refractivity contribution is 0.0695. The van der Waals surface area contributed by atoms with E-state index in [0.717, 1.165) is 30.8 Å². The van der Waals surface area contributed by atoms with Crippen LogP contribution in [0, 0.1) is 6.92 Å². The predicted molar refractivity (Wildman–Crippen MR) is 95.9 cm³/mol. The average Bonchev–Trinajstić information content (AvgIpc) is 2.97. The monoisotopic (exact) mass is 341 g/mol. The van der Waals surface area contributed by atoms with Crippen molar-refractivity contribution < 1.29 is 19.1 Å². The fourth-order valence-corrected chi connectivity index (χ4v) is 3.17. The van der Waals surface area contributed by atoms with E-state index in [1.165, 1.54) is 5.57 Å². The van der Waals surface area contributed by atoms with Crippen molar-refractivity contribution in [3.63, 3.8) is 0 Å². The molecule has 5 nitrogen and oxygen atoms in total. The van der Waals surface area contributed by atoms with Crippen molar-refractivity contribution >= 4 is 11.5 Å². The molecule has 0 fully saturated rings. The summed E-state index contributed by atoms with van der Waals surface area (Å²) in [5.74, 6) is 1.14. The molecule has 1 aromatic carbocycles. The second-order valence-electron chi connectivity index (χ2n) is 6.13. The number of nitrogens with zero attached hydrogens (tertiary/aromatic N) is 1. The lowest BCUT2D eigenvalue weighted by atomic mass is 9.98. The van der Waals surface area contributed by atoms with Crippen molar-refractivity contribution in [3.8, 4) is 5.75 Å². The summed E-state index contributed by atoms with van der Waals surface area (Å²) < 4.78 is 11.3. The van der Waals surface area contributed by atoms with Gasteiger partial charge in [-0.25, -0.2) is 4.79 Å². The van der Waals surface area contributed by atoms with Gasteiger partial charge in [0.1, 0.15) is 22.8 Å². The van der Waals surface area contributed by atoms with Gasteiger partial charge in [-0.05, 0) is 38.0 Å². The van der Waals surface area contributed by atoms with Crippen LogP contribution in [0.15, 0.2) is 40.8 Å². The second-order valence-corrected chi connectivity index (χ2v) is 6.13. The van der Waals surface area contributed by atoms with Crippen LogP contribution >= 0.6 is 0 Å². The molecule has 0 aliphatic carbocycles. The largest absolute Gasteiger partial charge is 0.493 e. The zero-order valence-corrected chi connectivity index (χ0v) is 14.6. The van der Waals surface area contributed by atoms with E-state index in [-0.39, 0.29) is 5.56 Å². The number of carboxylic acids is 1. The van der Waals surface area contributed by atoms with Gasteiger partial charge < -0.3 is 14.3 Å². The van der Waals surface area contributed by atoms with E-state index in [9.17, 15) is 4.79 Å². The number of hydrogen-bond donors (Lipinski definition) is 1. The highest BCUT2D eigenvalue weighted by molar-refractivity contribution is 5.88. The van der Waals surface area contributed by atoms with Crippen LogP contribution in [0.1, 0.15) is 40.8 Å². The molecule has 2 heterocycles. The van der Waals surface area contributed by atoms with Crippen molar-refractivity contribution in [3.05, 3.63) is 59.1 Å². The molecule has 0 amide bonds. The summed E-state index contributed by atoms with van der Waals surface area (Å²) in [6.07, 6.45) is 3.14. The molecule has 0 atom stereocenters. The average molecular weight is 341 g/mol. The molecule has 0 radical (unpaired) electrons. The maximum Gasteiger partial charge on any atom is 0.339 e. The fourth-order valence-electron chi connectivity index (χ4n) is 3.17. The summed E-state index contributed by atoms with van der Waals surface area (Å²) in [7, 11) is 0. The van der Waals surface area contributed by atoms with Crippen molar-refractivity contribution in [1.82, 2.24) is 4.90 Å². The van der Waals surface area contributed by atoms with E-state index < -0.39 is 5.97 Å². The van der Waals surface area contributed by atoms with Crippen LogP contribution < -0.4 is 4.74 Å². The molecular weight excluding hydrogens is 318 g/mol. The van der Waals surface area contributed by atoms with Crippen molar-refractivity contribution in [2.75, 3.05) is 19.7 Å². The SMILES string of the molecule is CCOc1ccccc1C1=CCN(Cc2cc(C(=O)O)c(C)o2)CC1. The summed E-state index contributed by atoms with van der Waals surface area (Å²) in [4.78, 5) is 13.4. The van der Waals surface area contributed by atoms with Crippen LogP contribution in [0.2, 0.25) is 0 Å². The maximum atomic E-state index is 11.1. The number of benzene rings is 1. The highest BCUT2D eigenvalue weighted by Crippen LogP contribution is 2.30. The molecule has 132 valence electrons. The normalized spacial score (nSPS) is 15.0. The third-order valence-corrected chi connectivity index (χ3v) is 4.40. The van der Waals surface area contributed by atoms with Gasteiger partial charge in [0.25, 0.3) is 0 Å². The van der Waals surface area contributed by atoms with Crippen LogP contribution in [-0.4, -0.2) is 35.7 Å². The van der Waals surface area contributed by atoms with Gasteiger partial charge in [-0.3, -0.25) is 4.90 Å². The summed E-state index contributed by atoms with van der Waals surface area (Å²) in [5.41, 5.74) is 2.70. The zero-order valence-electron chi connectivity index (χ0n) is 14.6. The molecule has 1 aliphatic rings. The first-order valence-electron chi connectivity index (χ1n) is 8.54. The van der Waals surface area contributed by atoms with Crippen molar-refractivity contribution in [1.29, 1.82) is 0 Å². The Balaban J connectivity index is 1.69. The summed E-state index contributed by atoms with van der Waals surface area (Å²) in [6.45, 7) is 6.65. The molecule has 0 saturated carbocycles. The van der Waals surface area contributed by atoms with E-state index in [1.807, 2.05) is 25.1 Å². The molecule has 0 spiro atoms. The number of aromatic carboxylic acids is 1. The van der Waals surface area contributed by atoms with Crippen LogP contribution in [-0.2, 0) is 6.54 Å². The van der Waals surface area contributed by atoms with Gasteiger partial charge >= 0.3 is 5.97 Å². The Morgan fingerprint density at radius 3 is 2.80 bits per heavy atom. The Kier molecular flexibility index (Phi) is 5.24. The Hall–Kier alpha value is -2.53. The Bertz CT molecular complexity index is 791. The first-order chi connectivity index (χ1) is 12.1. The molecule has 1 aliphatic heterocycles. The number of carbonyl (C=O) groups is 1. The van der Waals surface area contributed by atoms with E-state index in [0.29, 0.717) is 24.7 Å². The maximum absolute atomic E-state index is 11.1. The fraction of sp³-hybridized carbons (Fsp3) is 0.350. The van der Waals surface area contributed by atoms with Crippen molar-refractivity contribution in [2.24, 2.45) is 0 Å². The minimum absolute atomic E-state index is 0.244. The van der Waals surface area contributed by atoms with Crippen LogP contribution in [0.3, 0.4) is 0 Å². The van der Waals surface area contributed by atoms with E-state index in [2.05, 4.69) is 17.0 Å². The minimum Gasteiger partial charge on any atom is -0.493 e. The third-order valence-electron chi connectivity index (χ3n) is 4.40. The molecular formula is C20H23NO4. The van der Waals surface area contributed by atoms with E-state index >= 15 is 0 Å². The number of furan rings is 1. The summed E-state index contributed by atoms with van der Waals surface area (Å²) in [6, 6.07) is 9.75. The number of para-hydroxylation sites is 1. The zero-order chi connectivity index (χ0) is 17.8. The van der Waals surface area contributed by atoms with E-state index in [4.69, 9.17) is 14.3 Å². The van der Waals surface area contributed by atoms with Gasteiger partial charge in [-0.15, -0.1) is 0 Å². The Morgan fingerprint density at radius 2 is 2.16 bits per heavy atom. The first-order valence-corrected chi connectivity index (χ1v) is 8.54. The topological polar surface area (TPSA) is 62.9 Å². The molecule has 0 bridgehead atoms. The summed E-state index contributed by atoms with van der Waals surface area (Å²) in [5, 5.41) is 9.12. The molecule has 0 unspecified atom stereocenters. The second kappa shape index (κ2) is 7.57. The predicted octanol–water partition coefficient (Wildman–Crippen LogP) is 3.97. The number of aryl methyl sites for hydroxylation is 1. The Morgan fingerprint density at radius 1 is 1.36 bits per heavy atom. The molecule has 1 N–H and O–H groups in total. The van der Waals surface area contributed by atoms with Gasteiger partial charge in [0.05, 0.1) is 13.2 Å². The van der Waals surface area contributed by atoms with Gasteiger partial charge in [0.15, 0.2) is 0 Å². The molecule has 0 saturated heterocycles. The van der Waals surface area contributed by atoms with Crippen molar-refractivity contribution in [2.45, 2.75) is 26.8 Å². The smallest absolute Gasteiger partial charge is 0.339 e. The van der Waals surface area contributed by atoms with Crippen LogP contribution in [0.4, 0.5) is 0 Å². The van der Waals surface area contributed by atoms with Gasteiger partial charge in [-0.2, -0.15) is 0 Å². The molecule has 1 aromatic heterocycles. The third kappa shape index (κ3) is 3.94. The lowest BCUT2D eigenvalue weighted by Gasteiger charge is -2.26. The number of ether oxygens (including phenoxy) is 1. The van der Waals surface area contributed by atoms with Gasteiger partial charge in [-0.1, -0.05) is 24.3 Å².